The summed E-state index contributed by atoms with van der Waals surface area (Å²) in [4.78, 5) is 35.5. The van der Waals surface area contributed by atoms with Gasteiger partial charge in [-0.2, -0.15) is 4.98 Å². The summed E-state index contributed by atoms with van der Waals surface area (Å²) in [6.07, 6.45) is 28.7. The van der Waals surface area contributed by atoms with Crippen molar-refractivity contribution in [1.29, 1.82) is 0 Å². The minimum atomic E-state index is -4.10. The first-order valence-corrected chi connectivity index (χ1v) is 20.2. The second kappa shape index (κ2) is 22.5. The summed E-state index contributed by atoms with van der Waals surface area (Å²) < 4.78 is 40.6. The lowest BCUT2D eigenvalue weighted by Gasteiger charge is -2.23. The SMILES string of the molecule is C=C1[C@H](COP(=O)(NCCNC(=O)CCC/C=C\C/C=C\C/C=C\C/C=C\C/C=C\CC)Oc2ccc(F)cc2)[C@@H](O)C[C@@H]1n1cnc2c(=O)[nH]c(N)nc21. The maximum Gasteiger partial charge on any atom is 0.458 e. The van der Waals surface area contributed by atoms with E-state index in [2.05, 4.69) is 99.6 Å². The molecule has 1 saturated carbocycles. The molecule has 3 aromatic rings. The average Bonchev–Trinajstić information content (AvgIpc) is 3.70. The molecule has 296 valence electrons. The molecule has 1 unspecified atom stereocenters. The van der Waals surface area contributed by atoms with Crippen LogP contribution in [-0.4, -0.2) is 56.3 Å². The van der Waals surface area contributed by atoms with E-state index in [0.29, 0.717) is 18.4 Å². The van der Waals surface area contributed by atoms with Crippen LogP contribution in [0.3, 0.4) is 0 Å². The first-order chi connectivity index (χ1) is 26.6. The molecule has 1 amide bonds. The van der Waals surface area contributed by atoms with Crippen molar-refractivity contribution in [3.05, 3.63) is 120 Å². The van der Waals surface area contributed by atoms with Gasteiger partial charge in [-0.25, -0.2) is 19.0 Å². The monoisotopic (exact) mass is 777 g/mol. The maximum absolute atomic E-state index is 13.9. The first kappa shape index (κ1) is 42.9. The zero-order valence-corrected chi connectivity index (χ0v) is 32.2. The zero-order valence-electron chi connectivity index (χ0n) is 31.3. The fourth-order valence-corrected chi connectivity index (χ4v) is 7.22. The van der Waals surface area contributed by atoms with Crippen LogP contribution in [0.5, 0.6) is 5.75 Å². The number of nitrogens with two attached hydrogens (primary N) is 1. The Morgan fingerprint density at radius 3 is 2.35 bits per heavy atom. The highest BCUT2D eigenvalue weighted by molar-refractivity contribution is 7.52. The van der Waals surface area contributed by atoms with Gasteiger partial charge in [0.1, 0.15) is 11.6 Å². The van der Waals surface area contributed by atoms with Crippen LogP contribution in [0.4, 0.5) is 10.3 Å². The van der Waals surface area contributed by atoms with Gasteiger partial charge in [-0.3, -0.25) is 19.1 Å². The van der Waals surface area contributed by atoms with Crippen LogP contribution >= 0.6 is 7.75 Å². The number of unbranched alkanes of at least 4 members (excludes halogenated alkanes) is 1. The summed E-state index contributed by atoms with van der Waals surface area (Å²) in [6.45, 7) is 6.22. The molecule has 0 saturated heterocycles. The number of aromatic nitrogens is 4. The summed E-state index contributed by atoms with van der Waals surface area (Å²) in [6, 6.07) is 4.46. The van der Waals surface area contributed by atoms with Gasteiger partial charge in [0.25, 0.3) is 5.56 Å². The number of hydrogen-bond acceptors (Lipinski definition) is 9. The highest BCUT2D eigenvalue weighted by Gasteiger charge is 2.40. The Labute approximate surface area is 321 Å². The maximum atomic E-state index is 13.9. The number of allylic oxidation sites excluding steroid dienone is 10. The van der Waals surface area contributed by atoms with Crippen LogP contribution in [0, 0.1) is 11.7 Å². The van der Waals surface area contributed by atoms with Crippen LogP contribution in [0.1, 0.15) is 70.8 Å². The molecular weight excluding hydrogens is 724 g/mol. The molecule has 4 rings (SSSR count). The number of hydrogen-bond donors (Lipinski definition) is 5. The van der Waals surface area contributed by atoms with Crippen LogP contribution in [-0.2, 0) is 13.9 Å². The molecule has 6 N–H and O–H groups in total. The van der Waals surface area contributed by atoms with Crippen LogP contribution in [0.15, 0.2) is 108 Å². The highest BCUT2D eigenvalue weighted by atomic mass is 31.2. The second-order valence-corrected chi connectivity index (χ2v) is 14.7. The summed E-state index contributed by atoms with van der Waals surface area (Å²) in [5.41, 5.74) is 6.12. The van der Waals surface area contributed by atoms with Crippen LogP contribution < -0.4 is 26.2 Å². The smallest absolute Gasteiger partial charge is 0.413 e. The molecule has 0 spiro atoms. The topological polar surface area (TPSA) is 186 Å². The number of nitrogens with zero attached hydrogens (tertiary/aromatic N) is 3. The summed E-state index contributed by atoms with van der Waals surface area (Å²) >= 11 is 0. The lowest BCUT2D eigenvalue weighted by molar-refractivity contribution is -0.121. The molecule has 15 heteroatoms. The highest BCUT2D eigenvalue weighted by Crippen LogP contribution is 2.47. The molecule has 4 atom stereocenters. The van der Waals surface area contributed by atoms with Gasteiger partial charge in [-0.1, -0.05) is 74.3 Å². The number of carbonyl (C=O) groups is 1. The van der Waals surface area contributed by atoms with Crippen molar-refractivity contribution in [2.45, 2.75) is 76.9 Å². The number of rotatable bonds is 23. The van der Waals surface area contributed by atoms with E-state index in [-0.39, 0.29) is 54.9 Å². The van der Waals surface area contributed by atoms with Gasteiger partial charge in [0.2, 0.25) is 11.9 Å². The van der Waals surface area contributed by atoms with Crippen molar-refractivity contribution >= 4 is 30.8 Å². The zero-order chi connectivity index (χ0) is 39.5. The van der Waals surface area contributed by atoms with Gasteiger partial charge >= 0.3 is 7.75 Å². The van der Waals surface area contributed by atoms with E-state index in [9.17, 15) is 23.7 Å². The van der Waals surface area contributed by atoms with Crippen LogP contribution in [0.25, 0.3) is 11.2 Å². The predicted molar refractivity (Wildman–Crippen MR) is 215 cm³/mol. The number of nitrogen functional groups attached to an aromatic ring is 1. The summed E-state index contributed by atoms with van der Waals surface area (Å²) in [5, 5.41) is 16.5. The Balaban J connectivity index is 1.19. The normalized spacial score (nSPS) is 18.9. The van der Waals surface area contributed by atoms with Crippen molar-refractivity contribution in [1.82, 2.24) is 29.9 Å². The third kappa shape index (κ3) is 14.0. The molecule has 13 nitrogen and oxygen atoms in total. The number of anilines is 1. The number of aromatic amines is 1. The van der Waals surface area contributed by atoms with Gasteiger partial charge in [0.05, 0.1) is 25.1 Å². The molecule has 1 aliphatic carbocycles. The number of nitrogens with one attached hydrogen (secondary N) is 3. The molecule has 2 heterocycles. The van der Waals surface area contributed by atoms with Crippen LogP contribution in [0.2, 0.25) is 0 Å². The van der Waals surface area contributed by atoms with Gasteiger partial charge in [-0.05, 0) is 81.2 Å². The van der Waals surface area contributed by atoms with Crippen molar-refractivity contribution in [2.24, 2.45) is 5.92 Å². The molecule has 1 fully saturated rings. The van der Waals surface area contributed by atoms with Gasteiger partial charge in [0.15, 0.2) is 11.2 Å². The summed E-state index contributed by atoms with van der Waals surface area (Å²) in [5.74, 6) is -1.30. The number of amides is 1. The first-order valence-electron chi connectivity index (χ1n) is 18.7. The minimum absolute atomic E-state index is 0.0401. The predicted octanol–water partition coefficient (Wildman–Crippen LogP) is 7.15. The van der Waals surface area contributed by atoms with E-state index in [1.54, 1.807) is 4.57 Å². The van der Waals surface area contributed by atoms with E-state index in [4.69, 9.17) is 14.8 Å². The Morgan fingerprint density at radius 1 is 1.05 bits per heavy atom. The number of aliphatic hydroxyl groups is 1. The van der Waals surface area contributed by atoms with Crippen molar-refractivity contribution in [3.63, 3.8) is 0 Å². The van der Waals surface area contributed by atoms with Gasteiger partial charge in [0, 0.05) is 25.4 Å². The number of H-pyrrole nitrogens is 1. The van der Waals surface area contributed by atoms with Gasteiger partial charge in [-0.15, -0.1) is 0 Å². The Hall–Kier alpha value is -4.88. The molecule has 2 aromatic heterocycles. The van der Waals surface area contributed by atoms with E-state index in [0.717, 1.165) is 50.7 Å². The molecular formula is C40H53FN7O6P. The number of fused-ring (bicyclic) bond motifs is 1. The second-order valence-electron chi connectivity index (χ2n) is 13.0. The molecule has 0 bridgehead atoms. The number of carbonyl (C=O) groups excluding carboxylic acids is 1. The Bertz CT molecular complexity index is 1950. The molecule has 1 aromatic carbocycles. The Morgan fingerprint density at radius 2 is 1.69 bits per heavy atom. The summed E-state index contributed by atoms with van der Waals surface area (Å²) in [7, 11) is -4.10. The quantitative estimate of drug-likeness (QED) is 0.0376. The van der Waals surface area contributed by atoms with Crippen molar-refractivity contribution < 1.29 is 27.9 Å². The third-order valence-corrected chi connectivity index (χ3v) is 10.3. The number of benzene rings is 1. The van der Waals surface area contributed by atoms with E-state index in [1.807, 2.05) is 0 Å². The average molecular weight is 778 g/mol. The molecule has 0 aliphatic heterocycles. The largest absolute Gasteiger partial charge is 0.458 e. The lowest BCUT2D eigenvalue weighted by Crippen LogP contribution is -2.32. The number of halogens is 1. The van der Waals surface area contributed by atoms with Gasteiger partial charge < -0.3 is 25.2 Å². The fourth-order valence-electron chi connectivity index (χ4n) is 5.87. The lowest BCUT2D eigenvalue weighted by atomic mass is 10.0. The standard InChI is InChI=1S/C40H53FN7O6P/c1-3-4-5-6-7-8-9-10-11-12-13-14-15-16-17-18-19-20-36(50)43-25-26-45-55(52,54-32-23-21-31(41)22-24-32)53-28-33-30(2)34(27-35(33)49)48-29-44-37-38(48)46-40(42)47-39(37)51/h4-5,7-8,10-11,13-14,16-17,21-24,29,33-35,49H,2-3,6,9,12,15,18-20,25-28H2,1H3,(H,43,50)(H,45,52)(H3,42,46,47,51)/b5-4-,8-7-,11-10-,14-13-,17-16-/t33-,34-,35-,55?/m0/s1. The van der Waals surface area contributed by atoms with E-state index < -0.39 is 37.2 Å². The molecule has 1 aliphatic rings. The van der Waals surface area contributed by atoms with E-state index >= 15 is 0 Å². The fraction of sp³-hybridized carbons (Fsp3) is 0.400. The number of imidazole rings is 1. The van der Waals surface area contributed by atoms with E-state index in [1.165, 1.54) is 18.5 Å². The molecule has 0 radical (unpaired) electrons. The minimum Gasteiger partial charge on any atom is -0.413 e. The van der Waals surface area contributed by atoms with Crippen molar-refractivity contribution in [3.8, 4) is 5.75 Å². The number of aliphatic hydroxyl groups excluding tert-OH is 1. The third-order valence-electron chi connectivity index (χ3n) is 8.77. The molecule has 55 heavy (non-hydrogen) atoms. The van der Waals surface area contributed by atoms with Crippen molar-refractivity contribution in [2.75, 3.05) is 25.4 Å². The Kier molecular flexibility index (Phi) is 17.5.